The fourth-order valence-corrected chi connectivity index (χ4v) is 4.34. The molecule has 2 aromatic carbocycles. The van der Waals surface area contributed by atoms with Gasteiger partial charge in [-0.1, -0.05) is 46.1 Å². The molecule has 0 atom stereocenters. The van der Waals surface area contributed by atoms with Crippen molar-refractivity contribution in [3.63, 3.8) is 0 Å². The maximum Gasteiger partial charge on any atom is 0.250 e. The first kappa shape index (κ1) is 20.8. The number of methoxy groups -OCH3 is 1. The van der Waals surface area contributed by atoms with Crippen LogP contribution in [0.3, 0.4) is 0 Å². The number of amides is 1. The average molecular weight is 480 g/mol. The number of hydrogen-bond donors (Lipinski definition) is 1. The van der Waals surface area contributed by atoms with Crippen LogP contribution in [0.4, 0.5) is 5.13 Å². The van der Waals surface area contributed by atoms with E-state index in [1.807, 2.05) is 0 Å². The number of carbonyl (C=O) groups excluding carboxylic acids is 1. The van der Waals surface area contributed by atoms with E-state index < -0.39 is 0 Å². The summed E-state index contributed by atoms with van der Waals surface area (Å²) in [5.74, 6) is 1.30. The molecule has 4 rings (SSSR count). The van der Waals surface area contributed by atoms with Gasteiger partial charge in [0, 0.05) is 22.7 Å². The molecule has 1 amide bonds. The quantitative estimate of drug-likeness (QED) is 0.308. The maximum atomic E-state index is 12.3. The number of rotatable bonds is 5. The van der Waals surface area contributed by atoms with Gasteiger partial charge < -0.3 is 9.15 Å². The van der Waals surface area contributed by atoms with Crippen molar-refractivity contribution in [1.82, 2.24) is 4.98 Å². The number of anilines is 1. The molecule has 0 aliphatic heterocycles. The number of hydrogen-bond acceptors (Lipinski definition) is 5. The van der Waals surface area contributed by atoms with Crippen molar-refractivity contribution in [3.05, 3.63) is 69.4 Å². The highest BCUT2D eigenvalue weighted by Crippen LogP contribution is 2.35. The zero-order chi connectivity index (χ0) is 21.3. The minimum absolute atomic E-state index is 0.338. The van der Waals surface area contributed by atoms with Crippen LogP contribution >= 0.6 is 46.1 Å². The Morgan fingerprint density at radius 3 is 2.73 bits per heavy atom. The van der Waals surface area contributed by atoms with Crippen LogP contribution in [0.25, 0.3) is 27.6 Å². The molecule has 0 fully saturated rings. The minimum Gasteiger partial charge on any atom is -0.495 e. The van der Waals surface area contributed by atoms with E-state index >= 15 is 0 Å². The summed E-state index contributed by atoms with van der Waals surface area (Å²) in [6, 6.07) is 12.2. The Bertz CT molecular complexity index is 1280. The zero-order valence-electron chi connectivity index (χ0n) is 15.4. The summed E-state index contributed by atoms with van der Waals surface area (Å²) in [4.78, 5) is 16.6. The summed E-state index contributed by atoms with van der Waals surface area (Å²) in [6.45, 7) is 0. The summed E-state index contributed by atoms with van der Waals surface area (Å²) in [5, 5.41) is 4.68. The van der Waals surface area contributed by atoms with Crippen LogP contribution in [0.5, 0.6) is 5.75 Å². The second-order valence-corrected chi connectivity index (χ2v) is 8.40. The first-order valence-corrected chi connectivity index (χ1v) is 10.6. The van der Waals surface area contributed by atoms with E-state index in [1.54, 1.807) is 55.7 Å². The molecular formula is C21H13Cl3N2O3S. The predicted octanol–water partition coefficient (Wildman–Crippen LogP) is 7.18. The highest BCUT2D eigenvalue weighted by atomic mass is 35.5. The molecule has 0 saturated carbocycles. The van der Waals surface area contributed by atoms with Gasteiger partial charge in [0.1, 0.15) is 17.3 Å². The number of carbonyl (C=O) groups is 1. The number of nitrogens with zero attached hydrogens (tertiary/aromatic N) is 1. The van der Waals surface area contributed by atoms with E-state index in [4.69, 9.17) is 44.0 Å². The molecule has 2 heterocycles. The van der Waals surface area contributed by atoms with Crippen LogP contribution in [0, 0.1) is 0 Å². The third-order valence-corrected chi connectivity index (χ3v) is 5.89. The van der Waals surface area contributed by atoms with Gasteiger partial charge in [0.05, 0.1) is 27.4 Å². The Balaban J connectivity index is 1.47. The molecule has 0 radical (unpaired) electrons. The lowest BCUT2D eigenvalue weighted by Crippen LogP contribution is -2.07. The van der Waals surface area contributed by atoms with E-state index in [0.29, 0.717) is 48.5 Å². The topological polar surface area (TPSA) is 64.4 Å². The summed E-state index contributed by atoms with van der Waals surface area (Å²) in [7, 11) is 1.54. The maximum absolute atomic E-state index is 12.3. The van der Waals surface area contributed by atoms with Gasteiger partial charge in [0.15, 0.2) is 5.13 Å². The van der Waals surface area contributed by atoms with Gasteiger partial charge >= 0.3 is 0 Å². The lowest BCUT2D eigenvalue weighted by molar-refractivity contribution is -0.111. The third kappa shape index (κ3) is 4.47. The monoisotopic (exact) mass is 478 g/mol. The number of ether oxygens (including phenoxy) is 1. The zero-order valence-corrected chi connectivity index (χ0v) is 18.5. The van der Waals surface area contributed by atoms with Crippen LogP contribution in [-0.2, 0) is 4.79 Å². The van der Waals surface area contributed by atoms with Crippen molar-refractivity contribution in [2.45, 2.75) is 0 Å². The lowest BCUT2D eigenvalue weighted by atomic mass is 10.2. The number of aromatic nitrogens is 1. The Morgan fingerprint density at radius 1 is 1.13 bits per heavy atom. The molecule has 0 aliphatic carbocycles. The summed E-state index contributed by atoms with van der Waals surface area (Å²) in [6.07, 6.45) is 2.93. The van der Waals surface area contributed by atoms with Crippen molar-refractivity contribution in [2.75, 3.05) is 12.4 Å². The number of halogens is 3. The molecule has 5 nitrogen and oxygen atoms in total. The fourth-order valence-electron chi connectivity index (χ4n) is 2.72. The van der Waals surface area contributed by atoms with Crippen LogP contribution in [0.15, 0.2) is 53.0 Å². The largest absolute Gasteiger partial charge is 0.495 e. The SMILES string of the molecule is COc1cc2sc(NC(=O)/C=C/c3ccc(-c4ccc(Cl)cc4Cl)o3)nc2cc1Cl. The van der Waals surface area contributed by atoms with Crippen molar-refractivity contribution >= 4 is 73.5 Å². The first-order chi connectivity index (χ1) is 14.4. The minimum atomic E-state index is -0.338. The van der Waals surface area contributed by atoms with Crippen LogP contribution < -0.4 is 10.1 Å². The number of fused-ring (bicyclic) bond motifs is 1. The Morgan fingerprint density at radius 2 is 1.97 bits per heavy atom. The molecule has 0 unspecified atom stereocenters. The van der Waals surface area contributed by atoms with Crippen molar-refractivity contribution in [1.29, 1.82) is 0 Å². The van der Waals surface area contributed by atoms with Gasteiger partial charge in [-0.3, -0.25) is 10.1 Å². The molecule has 2 aromatic heterocycles. The molecule has 1 N–H and O–H groups in total. The molecule has 9 heteroatoms. The number of benzene rings is 2. The molecule has 0 spiro atoms. The second kappa shape index (κ2) is 8.70. The van der Waals surface area contributed by atoms with E-state index in [2.05, 4.69) is 10.3 Å². The molecule has 0 saturated heterocycles. The standard InChI is InChI=1S/C21H13Cl3N2O3S/c1-28-18-10-19-16(9-15(18)24)25-21(30-19)26-20(27)7-4-12-3-6-17(29-12)13-5-2-11(22)8-14(13)23/h2-10H,1H3,(H,25,26,27)/b7-4+. The van der Waals surface area contributed by atoms with Crippen molar-refractivity contribution < 1.29 is 13.9 Å². The Labute approximate surface area is 190 Å². The van der Waals surface area contributed by atoms with Gasteiger partial charge in [-0.2, -0.15) is 0 Å². The van der Waals surface area contributed by atoms with Crippen molar-refractivity contribution in [3.8, 4) is 17.1 Å². The number of nitrogens with one attached hydrogen (secondary N) is 1. The normalized spacial score (nSPS) is 11.3. The summed E-state index contributed by atoms with van der Waals surface area (Å²) in [5.41, 5.74) is 1.40. The van der Waals surface area contributed by atoms with Crippen LogP contribution in [0.2, 0.25) is 15.1 Å². The van der Waals surface area contributed by atoms with Gasteiger partial charge in [-0.05, 0) is 42.5 Å². The predicted molar refractivity (Wildman–Crippen MR) is 123 cm³/mol. The van der Waals surface area contributed by atoms with Gasteiger partial charge in [-0.15, -0.1) is 0 Å². The molecule has 152 valence electrons. The van der Waals surface area contributed by atoms with E-state index in [1.165, 1.54) is 17.4 Å². The van der Waals surface area contributed by atoms with Crippen molar-refractivity contribution in [2.24, 2.45) is 0 Å². The smallest absolute Gasteiger partial charge is 0.250 e. The third-order valence-electron chi connectivity index (χ3n) is 4.11. The molecule has 4 aromatic rings. The lowest BCUT2D eigenvalue weighted by Gasteiger charge is -2.00. The highest BCUT2D eigenvalue weighted by molar-refractivity contribution is 7.22. The Kier molecular flexibility index (Phi) is 6.01. The van der Waals surface area contributed by atoms with Crippen LogP contribution in [-0.4, -0.2) is 18.0 Å². The molecule has 30 heavy (non-hydrogen) atoms. The summed E-state index contributed by atoms with van der Waals surface area (Å²) < 4.78 is 11.8. The van der Waals surface area contributed by atoms with E-state index in [9.17, 15) is 4.79 Å². The van der Waals surface area contributed by atoms with Gasteiger partial charge in [-0.25, -0.2) is 4.98 Å². The molecular weight excluding hydrogens is 467 g/mol. The van der Waals surface area contributed by atoms with Gasteiger partial charge in [0.2, 0.25) is 5.91 Å². The number of furan rings is 1. The van der Waals surface area contributed by atoms with Crippen LogP contribution in [0.1, 0.15) is 5.76 Å². The fraction of sp³-hybridized carbons (Fsp3) is 0.0476. The number of thiazole rings is 1. The summed E-state index contributed by atoms with van der Waals surface area (Å²) >= 11 is 19.6. The van der Waals surface area contributed by atoms with E-state index in [-0.39, 0.29) is 5.91 Å². The Hall–Kier alpha value is -2.51. The average Bonchev–Trinajstić information content (AvgIpc) is 3.32. The molecule has 0 aliphatic rings. The second-order valence-electron chi connectivity index (χ2n) is 6.12. The van der Waals surface area contributed by atoms with Gasteiger partial charge in [0.25, 0.3) is 0 Å². The molecule has 0 bridgehead atoms. The first-order valence-electron chi connectivity index (χ1n) is 8.61. The highest BCUT2D eigenvalue weighted by Gasteiger charge is 2.11. The van der Waals surface area contributed by atoms with E-state index in [0.717, 1.165) is 4.70 Å².